The van der Waals surface area contributed by atoms with Crippen LogP contribution in [0.15, 0.2) is 18.5 Å². The van der Waals surface area contributed by atoms with Crippen molar-refractivity contribution in [1.29, 1.82) is 0 Å². The lowest BCUT2D eigenvalue weighted by Gasteiger charge is -2.33. The van der Waals surface area contributed by atoms with Gasteiger partial charge in [-0.2, -0.15) is 10.2 Å². The number of halogens is 2. The number of nitrogens with one attached hydrogen (secondary N) is 2. The lowest BCUT2D eigenvalue weighted by molar-refractivity contribution is -0.122. The second kappa shape index (κ2) is 13.2. The van der Waals surface area contributed by atoms with Crippen LogP contribution in [0.3, 0.4) is 0 Å². The predicted molar refractivity (Wildman–Crippen MR) is 150 cm³/mol. The van der Waals surface area contributed by atoms with Crippen LogP contribution in [0.5, 0.6) is 0 Å². The monoisotopic (exact) mass is 586 g/mol. The molecule has 1 atom stereocenters. The maximum absolute atomic E-state index is 13.9. The van der Waals surface area contributed by atoms with E-state index in [-0.39, 0.29) is 36.5 Å². The molecule has 42 heavy (non-hydrogen) atoms. The van der Waals surface area contributed by atoms with Gasteiger partial charge in [-0.3, -0.25) is 14.3 Å². The van der Waals surface area contributed by atoms with Crippen LogP contribution < -0.4 is 10.6 Å². The Bertz CT molecular complexity index is 1370. The lowest BCUT2D eigenvalue weighted by atomic mass is 9.81. The Hall–Kier alpha value is -3.48. The molecule has 0 aromatic carbocycles. The number of imidazole rings is 1. The Morgan fingerprint density at radius 1 is 1.19 bits per heavy atom. The Morgan fingerprint density at radius 3 is 2.60 bits per heavy atom. The van der Waals surface area contributed by atoms with E-state index in [1.165, 1.54) is 0 Å². The van der Waals surface area contributed by atoms with Crippen molar-refractivity contribution in [3.05, 3.63) is 41.2 Å². The van der Waals surface area contributed by atoms with E-state index in [4.69, 9.17) is 14.7 Å². The SMILES string of the molecule is CCn1nccc1C(=O)NC(c1cn2nc(C)c(C3CCOCC3)nc2n1)C1CCC(F)(F)CC1.O=C1CCCCN1. The zero-order valence-electron chi connectivity index (χ0n) is 24.3. The third-order valence-corrected chi connectivity index (χ3v) is 8.39. The van der Waals surface area contributed by atoms with E-state index in [9.17, 15) is 18.4 Å². The number of ether oxygens (including phenoxy) is 1. The summed E-state index contributed by atoms with van der Waals surface area (Å²) in [6.45, 7) is 6.68. The van der Waals surface area contributed by atoms with Gasteiger partial charge in [-0.05, 0) is 64.4 Å². The maximum atomic E-state index is 13.9. The van der Waals surface area contributed by atoms with E-state index in [1.807, 2.05) is 13.8 Å². The molecule has 228 valence electrons. The summed E-state index contributed by atoms with van der Waals surface area (Å²) in [5.41, 5.74) is 2.76. The summed E-state index contributed by atoms with van der Waals surface area (Å²) in [6.07, 6.45) is 8.28. The quantitative estimate of drug-likeness (QED) is 0.445. The molecule has 6 rings (SSSR count). The average molecular weight is 587 g/mol. The fourth-order valence-electron chi connectivity index (χ4n) is 5.99. The van der Waals surface area contributed by atoms with Crippen LogP contribution in [-0.4, -0.2) is 66.9 Å². The molecular formula is C29H40F2N8O3. The molecule has 3 fully saturated rings. The standard InChI is InChI=1S/C24H31F2N7O2.C5H9NO/c1-3-32-19(6-11-27-32)22(34)29-21(16-4-9-24(25,26)10-5-16)18-14-33-23(28-18)30-20(15(2)31-33)17-7-12-35-13-8-17;7-5-3-1-2-4-6-5/h6,11,14,16-17,21H,3-5,7-10,12-13H2,1-2H3,(H,29,34);1-4H2,(H,6,7). The number of nitrogens with zero attached hydrogens (tertiary/aromatic N) is 6. The number of amides is 2. The minimum absolute atomic E-state index is 0.169. The molecule has 3 aliphatic rings. The molecule has 2 aliphatic heterocycles. The molecule has 1 unspecified atom stereocenters. The van der Waals surface area contributed by atoms with E-state index < -0.39 is 12.0 Å². The van der Waals surface area contributed by atoms with Gasteiger partial charge >= 0.3 is 0 Å². The topological polar surface area (TPSA) is 128 Å². The molecule has 1 aliphatic carbocycles. The zero-order chi connectivity index (χ0) is 29.7. The molecule has 11 nitrogen and oxygen atoms in total. The van der Waals surface area contributed by atoms with Gasteiger partial charge in [0.15, 0.2) is 0 Å². The highest BCUT2D eigenvalue weighted by Crippen LogP contribution is 2.41. The average Bonchev–Trinajstić information content (AvgIpc) is 3.64. The summed E-state index contributed by atoms with van der Waals surface area (Å²) in [5, 5.41) is 14.7. The van der Waals surface area contributed by atoms with Gasteiger partial charge in [0.2, 0.25) is 11.8 Å². The molecule has 3 aromatic heterocycles. The number of alkyl halides is 2. The molecule has 0 spiro atoms. The third-order valence-electron chi connectivity index (χ3n) is 8.39. The van der Waals surface area contributed by atoms with Crippen molar-refractivity contribution in [2.75, 3.05) is 19.8 Å². The van der Waals surface area contributed by atoms with Crippen LogP contribution in [0.2, 0.25) is 0 Å². The highest BCUT2D eigenvalue weighted by Gasteiger charge is 2.39. The Kier molecular flexibility index (Phi) is 9.44. The van der Waals surface area contributed by atoms with Crippen molar-refractivity contribution < 1.29 is 23.1 Å². The molecule has 1 saturated carbocycles. The number of carbonyl (C=O) groups is 2. The number of hydrogen-bond donors (Lipinski definition) is 2. The van der Waals surface area contributed by atoms with Crippen LogP contribution >= 0.6 is 0 Å². The molecule has 2 amide bonds. The maximum Gasteiger partial charge on any atom is 0.270 e. The summed E-state index contributed by atoms with van der Waals surface area (Å²) in [4.78, 5) is 33.1. The van der Waals surface area contributed by atoms with E-state index in [1.54, 1.807) is 27.7 Å². The van der Waals surface area contributed by atoms with Gasteiger partial charge in [0.05, 0.1) is 29.3 Å². The van der Waals surface area contributed by atoms with Crippen LogP contribution in [-0.2, 0) is 16.1 Å². The van der Waals surface area contributed by atoms with Crippen LogP contribution in [0, 0.1) is 12.8 Å². The molecule has 0 radical (unpaired) electrons. The van der Waals surface area contributed by atoms with Crippen molar-refractivity contribution >= 4 is 17.6 Å². The number of piperidine rings is 1. The third kappa shape index (κ3) is 7.11. The van der Waals surface area contributed by atoms with Gasteiger partial charge in [-0.25, -0.2) is 23.3 Å². The molecule has 0 bridgehead atoms. The summed E-state index contributed by atoms with van der Waals surface area (Å²) < 4.78 is 36.5. The van der Waals surface area contributed by atoms with Crippen LogP contribution in [0.1, 0.15) is 104 Å². The van der Waals surface area contributed by atoms with Crippen molar-refractivity contribution in [2.24, 2.45) is 5.92 Å². The number of aromatic nitrogens is 6. The second-order valence-electron chi connectivity index (χ2n) is 11.4. The Labute approximate surface area is 243 Å². The first-order chi connectivity index (χ1) is 20.2. The minimum Gasteiger partial charge on any atom is -0.381 e. The number of fused-ring (bicyclic) bond motifs is 1. The van der Waals surface area contributed by atoms with Gasteiger partial charge in [-0.15, -0.1) is 0 Å². The number of carbonyl (C=O) groups excluding carboxylic acids is 2. The lowest BCUT2D eigenvalue weighted by Crippen LogP contribution is -2.38. The molecule has 5 heterocycles. The van der Waals surface area contributed by atoms with Crippen molar-refractivity contribution in [1.82, 2.24) is 40.0 Å². The Morgan fingerprint density at radius 2 is 1.95 bits per heavy atom. The smallest absolute Gasteiger partial charge is 0.270 e. The predicted octanol–water partition coefficient (Wildman–Crippen LogP) is 4.13. The molecule has 13 heteroatoms. The first kappa shape index (κ1) is 30.0. The molecule has 2 saturated heterocycles. The van der Waals surface area contributed by atoms with Gasteiger partial charge in [0.1, 0.15) is 5.69 Å². The largest absolute Gasteiger partial charge is 0.381 e. The van der Waals surface area contributed by atoms with Gasteiger partial charge < -0.3 is 15.4 Å². The first-order valence-electron chi connectivity index (χ1n) is 15.0. The number of rotatable bonds is 6. The van der Waals surface area contributed by atoms with Gasteiger partial charge in [0.25, 0.3) is 11.7 Å². The van der Waals surface area contributed by atoms with Crippen molar-refractivity contribution in [3.8, 4) is 0 Å². The molecule has 2 N–H and O–H groups in total. The van der Waals surface area contributed by atoms with Crippen molar-refractivity contribution in [3.63, 3.8) is 0 Å². The summed E-state index contributed by atoms with van der Waals surface area (Å²) in [6, 6.07) is 1.12. The van der Waals surface area contributed by atoms with Gasteiger partial charge in [-0.1, -0.05) is 0 Å². The zero-order valence-corrected chi connectivity index (χ0v) is 24.3. The van der Waals surface area contributed by atoms with E-state index in [0.717, 1.165) is 50.0 Å². The second-order valence-corrected chi connectivity index (χ2v) is 11.4. The number of aryl methyl sites for hydroxylation is 2. The summed E-state index contributed by atoms with van der Waals surface area (Å²) in [5.74, 6) is -2.20. The van der Waals surface area contributed by atoms with E-state index >= 15 is 0 Å². The summed E-state index contributed by atoms with van der Waals surface area (Å²) in [7, 11) is 0. The fourth-order valence-corrected chi connectivity index (χ4v) is 5.99. The van der Waals surface area contributed by atoms with E-state index in [2.05, 4.69) is 20.8 Å². The Balaban J connectivity index is 0.000000442. The fraction of sp³-hybridized carbons (Fsp3) is 0.655. The normalized spacial score (nSPS) is 20.4. The van der Waals surface area contributed by atoms with E-state index in [0.29, 0.717) is 49.8 Å². The molecule has 3 aromatic rings. The van der Waals surface area contributed by atoms with Gasteiger partial charge in [0, 0.05) is 57.7 Å². The minimum atomic E-state index is -2.66. The van der Waals surface area contributed by atoms with Crippen molar-refractivity contribution in [2.45, 2.75) is 96.1 Å². The first-order valence-corrected chi connectivity index (χ1v) is 15.0. The highest BCUT2D eigenvalue weighted by molar-refractivity contribution is 5.92. The molecular weight excluding hydrogens is 546 g/mol. The van der Waals surface area contributed by atoms with Crippen LogP contribution in [0.25, 0.3) is 5.78 Å². The highest BCUT2D eigenvalue weighted by atomic mass is 19.3. The van der Waals surface area contributed by atoms with Crippen LogP contribution in [0.4, 0.5) is 8.78 Å². The number of hydrogen-bond acceptors (Lipinski definition) is 7. The summed E-state index contributed by atoms with van der Waals surface area (Å²) >= 11 is 0.